The number of aromatic nitrogens is 3. The Morgan fingerprint density at radius 2 is 2.05 bits per heavy atom. The first-order chi connectivity index (χ1) is 10.7. The van der Waals surface area contributed by atoms with Crippen LogP contribution >= 0.6 is 0 Å². The molecule has 6 heteroatoms. The summed E-state index contributed by atoms with van der Waals surface area (Å²) < 4.78 is 10.5. The van der Waals surface area contributed by atoms with Crippen molar-refractivity contribution in [2.75, 3.05) is 7.11 Å². The third kappa shape index (κ3) is 2.63. The summed E-state index contributed by atoms with van der Waals surface area (Å²) in [4.78, 5) is 23.8. The molecule has 0 aliphatic rings. The summed E-state index contributed by atoms with van der Waals surface area (Å²) in [5.41, 5.74) is 2.02. The minimum absolute atomic E-state index is 0.240. The quantitative estimate of drug-likeness (QED) is 0.749. The Bertz CT molecular complexity index is 780. The molecule has 22 heavy (non-hydrogen) atoms. The molecule has 1 atom stereocenters. The summed E-state index contributed by atoms with van der Waals surface area (Å²) in [5, 5.41) is 0. The second kappa shape index (κ2) is 5.85. The molecule has 1 aromatic carbocycles. The first-order valence-electron chi connectivity index (χ1n) is 6.83. The number of H-pyrrole nitrogens is 1. The van der Waals surface area contributed by atoms with Gasteiger partial charge in [-0.2, -0.15) is 0 Å². The number of fused-ring (bicyclic) bond motifs is 1. The van der Waals surface area contributed by atoms with Gasteiger partial charge in [-0.25, -0.2) is 14.8 Å². The Morgan fingerprint density at radius 1 is 1.23 bits per heavy atom. The molecule has 0 saturated heterocycles. The molecule has 2 aromatic heterocycles. The lowest BCUT2D eigenvalue weighted by molar-refractivity contribution is 0.0317. The van der Waals surface area contributed by atoms with E-state index < -0.39 is 12.1 Å². The number of carbonyl (C=O) groups is 1. The molecule has 0 unspecified atom stereocenters. The van der Waals surface area contributed by atoms with Crippen LogP contribution in [0.3, 0.4) is 0 Å². The fraction of sp³-hybridized carbons (Fsp3) is 0.188. The fourth-order valence-electron chi connectivity index (χ4n) is 2.15. The molecule has 0 spiro atoms. The zero-order valence-corrected chi connectivity index (χ0v) is 12.2. The van der Waals surface area contributed by atoms with E-state index in [9.17, 15) is 4.79 Å². The number of esters is 1. The molecule has 0 aliphatic carbocycles. The molecule has 3 rings (SSSR count). The van der Waals surface area contributed by atoms with Crippen molar-refractivity contribution >= 4 is 17.0 Å². The van der Waals surface area contributed by atoms with Gasteiger partial charge in [-0.1, -0.05) is 12.1 Å². The van der Waals surface area contributed by atoms with Gasteiger partial charge in [-0.05, 0) is 31.2 Å². The molecular weight excluding hydrogens is 282 g/mol. The van der Waals surface area contributed by atoms with E-state index in [0.717, 1.165) is 11.0 Å². The Hall–Kier alpha value is -2.89. The van der Waals surface area contributed by atoms with E-state index in [1.54, 1.807) is 25.3 Å². The smallest absolute Gasteiger partial charge is 0.344 e. The minimum atomic E-state index is -0.509. The molecule has 1 N–H and O–H groups in total. The van der Waals surface area contributed by atoms with E-state index in [-0.39, 0.29) is 11.4 Å². The highest BCUT2D eigenvalue weighted by Crippen LogP contribution is 2.22. The van der Waals surface area contributed by atoms with Crippen LogP contribution in [0.5, 0.6) is 5.88 Å². The van der Waals surface area contributed by atoms with Crippen molar-refractivity contribution in [1.82, 2.24) is 15.0 Å². The number of hydrogen-bond donors (Lipinski definition) is 1. The minimum Gasteiger partial charge on any atom is -0.480 e. The SMILES string of the molecule is COc1ncccc1C(=O)O[C@H](C)c1nc2ccccc2[nH]1. The number of pyridine rings is 1. The van der Waals surface area contributed by atoms with E-state index in [2.05, 4.69) is 15.0 Å². The summed E-state index contributed by atoms with van der Waals surface area (Å²) in [6.07, 6.45) is 1.04. The van der Waals surface area contributed by atoms with Gasteiger partial charge in [0.25, 0.3) is 0 Å². The maximum absolute atomic E-state index is 12.2. The molecule has 0 fully saturated rings. The van der Waals surface area contributed by atoms with Crippen LogP contribution < -0.4 is 4.74 Å². The molecule has 112 valence electrons. The molecule has 3 aromatic rings. The summed E-state index contributed by atoms with van der Waals surface area (Å²) in [5.74, 6) is 0.333. The van der Waals surface area contributed by atoms with Gasteiger partial charge in [-0.15, -0.1) is 0 Å². The maximum atomic E-state index is 12.2. The number of carbonyl (C=O) groups excluding carboxylic acids is 1. The fourth-order valence-corrected chi connectivity index (χ4v) is 2.15. The first kappa shape index (κ1) is 14.1. The summed E-state index contributed by atoms with van der Waals surface area (Å²) in [7, 11) is 1.46. The van der Waals surface area contributed by atoms with Crippen LogP contribution in [0.4, 0.5) is 0 Å². The molecule has 0 bridgehead atoms. The average molecular weight is 297 g/mol. The molecule has 2 heterocycles. The highest BCUT2D eigenvalue weighted by atomic mass is 16.5. The van der Waals surface area contributed by atoms with Gasteiger partial charge >= 0.3 is 5.97 Å². The van der Waals surface area contributed by atoms with Crippen molar-refractivity contribution < 1.29 is 14.3 Å². The topological polar surface area (TPSA) is 77.1 Å². The lowest BCUT2D eigenvalue weighted by Gasteiger charge is -2.12. The van der Waals surface area contributed by atoms with Gasteiger partial charge in [0.05, 0.1) is 18.1 Å². The second-order valence-corrected chi connectivity index (χ2v) is 4.75. The average Bonchev–Trinajstić information content (AvgIpc) is 2.99. The van der Waals surface area contributed by atoms with Crippen LogP contribution in [0.15, 0.2) is 42.6 Å². The number of nitrogens with zero attached hydrogens (tertiary/aromatic N) is 2. The normalized spacial score (nSPS) is 12.1. The molecule has 0 saturated carbocycles. The van der Waals surface area contributed by atoms with Gasteiger partial charge in [-0.3, -0.25) is 0 Å². The van der Waals surface area contributed by atoms with E-state index in [0.29, 0.717) is 5.82 Å². The number of methoxy groups -OCH3 is 1. The van der Waals surface area contributed by atoms with Crippen molar-refractivity contribution in [3.63, 3.8) is 0 Å². The number of benzene rings is 1. The second-order valence-electron chi connectivity index (χ2n) is 4.75. The van der Waals surface area contributed by atoms with Gasteiger partial charge in [0.1, 0.15) is 11.4 Å². The maximum Gasteiger partial charge on any atom is 0.344 e. The lowest BCUT2D eigenvalue weighted by atomic mass is 10.2. The van der Waals surface area contributed by atoms with Crippen LogP contribution in [0.2, 0.25) is 0 Å². The predicted molar refractivity (Wildman–Crippen MR) is 80.7 cm³/mol. The molecular formula is C16H15N3O3. The Balaban J connectivity index is 1.81. The van der Waals surface area contributed by atoms with Gasteiger partial charge in [0, 0.05) is 6.20 Å². The standard InChI is InChI=1S/C16H15N3O3/c1-10(14-18-12-7-3-4-8-13(12)19-14)22-16(20)11-6-5-9-17-15(11)21-2/h3-10H,1-2H3,(H,18,19)/t10-/m1/s1. The third-order valence-corrected chi connectivity index (χ3v) is 3.26. The number of para-hydroxylation sites is 2. The summed E-state index contributed by atoms with van der Waals surface area (Å²) in [6, 6.07) is 10.9. The van der Waals surface area contributed by atoms with Crippen molar-refractivity contribution in [2.24, 2.45) is 0 Å². The van der Waals surface area contributed by atoms with Crippen LogP contribution in [0.1, 0.15) is 29.2 Å². The number of ether oxygens (including phenoxy) is 2. The molecule has 6 nitrogen and oxygen atoms in total. The largest absolute Gasteiger partial charge is 0.480 e. The van der Waals surface area contributed by atoms with Crippen LogP contribution in [0, 0.1) is 0 Å². The monoisotopic (exact) mass is 297 g/mol. The van der Waals surface area contributed by atoms with Crippen molar-refractivity contribution in [1.29, 1.82) is 0 Å². The van der Waals surface area contributed by atoms with Crippen LogP contribution in [0.25, 0.3) is 11.0 Å². The Labute approximate surface area is 127 Å². The molecule has 0 aliphatic heterocycles. The van der Waals surface area contributed by atoms with Crippen LogP contribution in [-0.2, 0) is 4.74 Å². The predicted octanol–water partition coefficient (Wildman–Crippen LogP) is 2.88. The van der Waals surface area contributed by atoms with Crippen LogP contribution in [-0.4, -0.2) is 28.0 Å². The molecule has 0 amide bonds. The van der Waals surface area contributed by atoms with E-state index in [1.807, 2.05) is 24.3 Å². The summed E-state index contributed by atoms with van der Waals surface area (Å²) >= 11 is 0. The van der Waals surface area contributed by atoms with E-state index >= 15 is 0 Å². The number of rotatable bonds is 4. The molecule has 0 radical (unpaired) electrons. The van der Waals surface area contributed by atoms with Crippen molar-refractivity contribution in [2.45, 2.75) is 13.0 Å². The van der Waals surface area contributed by atoms with Gasteiger partial charge < -0.3 is 14.5 Å². The zero-order chi connectivity index (χ0) is 15.5. The number of nitrogens with one attached hydrogen (secondary N) is 1. The van der Waals surface area contributed by atoms with E-state index in [1.165, 1.54) is 7.11 Å². The third-order valence-electron chi connectivity index (χ3n) is 3.26. The number of imidazole rings is 1. The van der Waals surface area contributed by atoms with Crippen molar-refractivity contribution in [3.05, 3.63) is 54.0 Å². The Kier molecular flexibility index (Phi) is 3.74. The highest BCUT2D eigenvalue weighted by molar-refractivity contribution is 5.91. The van der Waals surface area contributed by atoms with E-state index in [4.69, 9.17) is 9.47 Å². The lowest BCUT2D eigenvalue weighted by Crippen LogP contribution is -2.12. The number of aromatic amines is 1. The number of hydrogen-bond acceptors (Lipinski definition) is 5. The first-order valence-corrected chi connectivity index (χ1v) is 6.83. The summed E-state index contributed by atoms with van der Waals surface area (Å²) in [6.45, 7) is 1.76. The van der Waals surface area contributed by atoms with Crippen molar-refractivity contribution in [3.8, 4) is 5.88 Å². The zero-order valence-electron chi connectivity index (χ0n) is 12.2. The Morgan fingerprint density at radius 3 is 2.82 bits per heavy atom. The van der Waals surface area contributed by atoms with Gasteiger partial charge in [0.15, 0.2) is 6.10 Å². The van der Waals surface area contributed by atoms with Gasteiger partial charge in [0.2, 0.25) is 5.88 Å². The highest BCUT2D eigenvalue weighted by Gasteiger charge is 2.20.